The topological polar surface area (TPSA) is 103 Å². The van der Waals surface area contributed by atoms with Crippen molar-refractivity contribution in [2.45, 2.75) is 6.92 Å². The van der Waals surface area contributed by atoms with Crippen LogP contribution in [0, 0.1) is 17.0 Å². The zero-order chi connectivity index (χ0) is 15.6. The normalized spacial score (nSPS) is 10.2. The van der Waals surface area contributed by atoms with Gasteiger partial charge in [-0.1, -0.05) is 6.07 Å². The van der Waals surface area contributed by atoms with E-state index in [1.807, 2.05) is 0 Å². The number of rotatable bonds is 4. The molecule has 2 aromatic rings. The molecule has 8 heteroatoms. The summed E-state index contributed by atoms with van der Waals surface area (Å²) in [7, 11) is 0. The Hall–Kier alpha value is -2.48. The van der Waals surface area contributed by atoms with Crippen molar-refractivity contribution in [3.63, 3.8) is 0 Å². The van der Waals surface area contributed by atoms with Gasteiger partial charge in [0.25, 0.3) is 5.69 Å². The Kier molecular flexibility index (Phi) is 4.18. The molecule has 1 aromatic carbocycles. The van der Waals surface area contributed by atoms with E-state index in [9.17, 15) is 14.9 Å². The van der Waals surface area contributed by atoms with Crippen molar-refractivity contribution >= 4 is 27.6 Å². The number of halogens is 1. The summed E-state index contributed by atoms with van der Waals surface area (Å²) in [4.78, 5) is 25.4. The minimum Gasteiger partial charge on any atom is -0.477 e. The molecule has 0 fully saturated rings. The number of aromatic carboxylic acids is 1. The van der Waals surface area contributed by atoms with Gasteiger partial charge in [-0.15, -0.1) is 0 Å². The molecular weight excluding hydrogens is 344 g/mol. The van der Waals surface area contributed by atoms with Crippen molar-refractivity contribution in [3.05, 3.63) is 56.2 Å². The lowest BCUT2D eigenvalue weighted by atomic mass is 10.2. The first-order chi connectivity index (χ1) is 9.90. The maximum absolute atomic E-state index is 11.2. The van der Waals surface area contributed by atoms with Gasteiger partial charge in [0.2, 0.25) is 5.88 Å². The number of nitro groups is 1. The smallest absolute Gasteiger partial charge is 0.341 e. The largest absolute Gasteiger partial charge is 0.477 e. The van der Waals surface area contributed by atoms with E-state index in [-0.39, 0.29) is 22.9 Å². The van der Waals surface area contributed by atoms with Gasteiger partial charge in [0.15, 0.2) is 0 Å². The fourth-order valence-corrected chi connectivity index (χ4v) is 2.01. The fraction of sp³-hybridized carbons (Fsp3) is 0.0769. The number of hydrogen-bond acceptors (Lipinski definition) is 5. The molecule has 108 valence electrons. The van der Waals surface area contributed by atoms with Crippen molar-refractivity contribution in [3.8, 4) is 11.6 Å². The average Bonchev–Trinajstić information content (AvgIpc) is 2.42. The van der Waals surface area contributed by atoms with E-state index < -0.39 is 10.9 Å². The monoisotopic (exact) mass is 352 g/mol. The van der Waals surface area contributed by atoms with Crippen LogP contribution in [-0.2, 0) is 0 Å². The van der Waals surface area contributed by atoms with Crippen LogP contribution < -0.4 is 4.74 Å². The molecule has 21 heavy (non-hydrogen) atoms. The van der Waals surface area contributed by atoms with Gasteiger partial charge < -0.3 is 9.84 Å². The molecule has 0 radical (unpaired) electrons. The van der Waals surface area contributed by atoms with Gasteiger partial charge in [0.1, 0.15) is 11.3 Å². The zero-order valence-corrected chi connectivity index (χ0v) is 12.3. The number of carboxylic acids is 1. The standard InChI is InChI=1S/C13H9BrN2O5/c1-7-10(16(19)20)3-2-4-11(7)21-12-9(13(17)18)5-8(14)6-15-12/h2-6H,1H3,(H,17,18). The van der Waals surface area contributed by atoms with Crippen LogP contribution >= 0.6 is 15.9 Å². The Balaban J connectivity index is 2.46. The zero-order valence-electron chi connectivity index (χ0n) is 10.7. The number of carbonyl (C=O) groups is 1. The quantitative estimate of drug-likeness (QED) is 0.666. The highest BCUT2D eigenvalue weighted by atomic mass is 79.9. The number of benzene rings is 1. The summed E-state index contributed by atoms with van der Waals surface area (Å²) in [6, 6.07) is 5.66. The van der Waals surface area contributed by atoms with Gasteiger partial charge in [-0.05, 0) is 35.0 Å². The fourth-order valence-electron chi connectivity index (χ4n) is 1.68. The molecule has 1 N–H and O–H groups in total. The highest BCUT2D eigenvalue weighted by Gasteiger charge is 2.18. The minimum atomic E-state index is -1.21. The Morgan fingerprint density at radius 3 is 2.81 bits per heavy atom. The van der Waals surface area contributed by atoms with Crippen LogP contribution in [0.4, 0.5) is 5.69 Å². The molecule has 0 aliphatic heterocycles. The molecule has 0 atom stereocenters. The second-order valence-corrected chi connectivity index (χ2v) is 4.99. The summed E-state index contributed by atoms with van der Waals surface area (Å²) < 4.78 is 5.92. The lowest BCUT2D eigenvalue weighted by Gasteiger charge is -2.10. The van der Waals surface area contributed by atoms with Crippen LogP contribution in [0.2, 0.25) is 0 Å². The van der Waals surface area contributed by atoms with Crippen LogP contribution in [-0.4, -0.2) is 21.0 Å². The molecule has 2 rings (SSSR count). The number of aromatic nitrogens is 1. The predicted molar refractivity (Wildman–Crippen MR) is 76.8 cm³/mol. The van der Waals surface area contributed by atoms with Crippen molar-refractivity contribution in [2.24, 2.45) is 0 Å². The summed E-state index contributed by atoms with van der Waals surface area (Å²) in [6.07, 6.45) is 1.38. The molecule has 1 heterocycles. The van der Waals surface area contributed by atoms with Gasteiger partial charge in [-0.2, -0.15) is 0 Å². The van der Waals surface area contributed by atoms with Gasteiger partial charge in [0, 0.05) is 16.7 Å². The van der Waals surface area contributed by atoms with E-state index in [0.29, 0.717) is 10.0 Å². The van der Waals surface area contributed by atoms with Gasteiger partial charge >= 0.3 is 5.97 Å². The third-order valence-corrected chi connectivity index (χ3v) is 3.14. The van der Waals surface area contributed by atoms with Crippen molar-refractivity contribution in [1.82, 2.24) is 4.98 Å². The van der Waals surface area contributed by atoms with E-state index in [1.165, 1.54) is 37.4 Å². The first-order valence-corrected chi connectivity index (χ1v) is 6.50. The molecule has 0 saturated heterocycles. The highest BCUT2D eigenvalue weighted by molar-refractivity contribution is 9.10. The van der Waals surface area contributed by atoms with E-state index >= 15 is 0 Å². The van der Waals surface area contributed by atoms with Crippen molar-refractivity contribution in [2.75, 3.05) is 0 Å². The van der Waals surface area contributed by atoms with Crippen molar-refractivity contribution in [1.29, 1.82) is 0 Å². The third-order valence-electron chi connectivity index (χ3n) is 2.71. The van der Waals surface area contributed by atoms with Crippen LogP contribution in [0.15, 0.2) is 34.9 Å². The summed E-state index contributed by atoms with van der Waals surface area (Å²) in [5.74, 6) is -1.15. The Labute approximate surface area is 127 Å². The van der Waals surface area contributed by atoms with E-state index in [1.54, 1.807) is 0 Å². The Morgan fingerprint density at radius 1 is 1.48 bits per heavy atom. The van der Waals surface area contributed by atoms with Crippen LogP contribution in [0.25, 0.3) is 0 Å². The molecule has 0 aliphatic rings. The summed E-state index contributed by atoms with van der Waals surface area (Å²) in [5.41, 5.74) is 0.0420. The van der Waals surface area contributed by atoms with Gasteiger partial charge in [-0.25, -0.2) is 9.78 Å². The molecule has 7 nitrogen and oxygen atoms in total. The number of carboxylic acid groups (broad SMARTS) is 1. The summed E-state index contributed by atoms with van der Waals surface area (Å²) >= 11 is 3.12. The molecule has 0 aliphatic carbocycles. The number of hydrogen-bond donors (Lipinski definition) is 1. The van der Waals surface area contributed by atoms with Crippen LogP contribution in [0.5, 0.6) is 11.6 Å². The molecule has 0 unspecified atom stereocenters. The SMILES string of the molecule is Cc1c(Oc2ncc(Br)cc2C(=O)O)cccc1[N+](=O)[O-]. The Morgan fingerprint density at radius 2 is 2.19 bits per heavy atom. The van der Waals surface area contributed by atoms with Crippen molar-refractivity contribution < 1.29 is 19.6 Å². The maximum Gasteiger partial charge on any atom is 0.341 e. The second-order valence-electron chi connectivity index (χ2n) is 4.07. The molecule has 0 saturated carbocycles. The average molecular weight is 353 g/mol. The number of ether oxygens (including phenoxy) is 1. The lowest BCUT2D eigenvalue weighted by molar-refractivity contribution is -0.385. The van der Waals surface area contributed by atoms with Crippen LogP contribution in [0.1, 0.15) is 15.9 Å². The molecule has 0 amide bonds. The van der Waals surface area contributed by atoms with E-state index in [4.69, 9.17) is 9.84 Å². The summed E-state index contributed by atoms with van der Waals surface area (Å²) in [6.45, 7) is 1.52. The first kappa shape index (κ1) is 14.9. The third kappa shape index (κ3) is 3.16. The van der Waals surface area contributed by atoms with Gasteiger partial charge in [-0.3, -0.25) is 10.1 Å². The molecule has 0 spiro atoms. The number of nitro benzene ring substituents is 1. The number of nitrogens with zero attached hydrogens (tertiary/aromatic N) is 2. The molecule has 1 aromatic heterocycles. The minimum absolute atomic E-state index is 0.110. The lowest BCUT2D eigenvalue weighted by Crippen LogP contribution is -2.03. The van der Waals surface area contributed by atoms with Crippen LogP contribution in [0.3, 0.4) is 0 Å². The van der Waals surface area contributed by atoms with Gasteiger partial charge in [0.05, 0.1) is 10.5 Å². The number of pyridine rings is 1. The second kappa shape index (κ2) is 5.88. The van der Waals surface area contributed by atoms with E-state index in [2.05, 4.69) is 20.9 Å². The van der Waals surface area contributed by atoms with E-state index in [0.717, 1.165) is 0 Å². The predicted octanol–water partition coefficient (Wildman–Crippen LogP) is 3.55. The Bertz CT molecular complexity index is 732. The maximum atomic E-state index is 11.2. The first-order valence-electron chi connectivity index (χ1n) is 5.71. The highest BCUT2D eigenvalue weighted by Crippen LogP contribution is 2.32. The summed E-state index contributed by atoms with van der Waals surface area (Å²) in [5, 5.41) is 20.0. The molecular formula is C13H9BrN2O5. The molecule has 0 bridgehead atoms.